The first-order chi connectivity index (χ1) is 12.1. The van der Waals surface area contributed by atoms with Crippen LogP contribution in [-0.4, -0.2) is 24.5 Å². The van der Waals surface area contributed by atoms with Crippen LogP contribution in [0.3, 0.4) is 0 Å². The van der Waals surface area contributed by atoms with Gasteiger partial charge in [-0.15, -0.1) is 11.3 Å². The molecule has 1 N–H and O–H groups in total. The Morgan fingerprint density at radius 2 is 2.00 bits per heavy atom. The van der Waals surface area contributed by atoms with Gasteiger partial charge < -0.3 is 20.0 Å². The molecule has 1 atom stereocenters. The molecule has 1 aliphatic rings. The van der Waals surface area contributed by atoms with Crippen molar-refractivity contribution < 1.29 is 24.2 Å². The summed E-state index contributed by atoms with van der Waals surface area (Å²) >= 11 is 1.37. The fraction of sp³-hybridized carbons (Fsp3) is 0.526. The van der Waals surface area contributed by atoms with Crippen molar-refractivity contribution >= 4 is 34.2 Å². The molecule has 1 aromatic rings. The zero-order valence-electron chi connectivity index (χ0n) is 15.5. The number of thiophene rings is 1. The van der Waals surface area contributed by atoms with Gasteiger partial charge in [-0.2, -0.15) is 0 Å². The Balaban J connectivity index is 2.35. The number of carbonyl (C=O) groups excluding carboxylic acids is 3. The quantitative estimate of drug-likeness (QED) is 0.627. The van der Waals surface area contributed by atoms with Crippen LogP contribution in [-0.2, 0) is 27.2 Å². The number of aliphatic carboxylic acids is 1. The fourth-order valence-electron chi connectivity index (χ4n) is 3.13. The average Bonchev–Trinajstić information content (AvgIpc) is 2.89. The van der Waals surface area contributed by atoms with Crippen molar-refractivity contribution in [3.8, 4) is 0 Å². The molecule has 0 bridgehead atoms. The van der Waals surface area contributed by atoms with Crippen LogP contribution in [0.2, 0.25) is 0 Å². The number of anilines is 1. The Kier molecular flexibility index (Phi) is 6.23. The summed E-state index contributed by atoms with van der Waals surface area (Å²) < 4.78 is 5.16. The predicted octanol–water partition coefficient (Wildman–Crippen LogP) is 2.32. The van der Waals surface area contributed by atoms with E-state index in [1.165, 1.54) is 11.3 Å². The topological polar surface area (TPSA) is 95.5 Å². The van der Waals surface area contributed by atoms with Crippen molar-refractivity contribution in [3.05, 3.63) is 28.2 Å². The monoisotopic (exact) mass is 378 g/mol. The number of rotatable bonds is 5. The summed E-state index contributed by atoms with van der Waals surface area (Å²) in [7, 11) is 0. The summed E-state index contributed by atoms with van der Waals surface area (Å²) in [6, 6.07) is 0. The molecule has 0 spiro atoms. The van der Waals surface area contributed by atoms with Gasteiger partial charge in [-0.05, 0) is 49.2 Å². The largest absolute Gasteiger partial charge is 0.545 e. The van der Waals surface area contributed by atoms with E-state index >= 15 is 0 Å². The number of hydrogen-bond acceptors (Lipinski definition) is 6. The maximum absolute atomic E-state index is 12.4. The van der Waals surface area contributed by atoms with Gasteiger partial charge in [0.05, 0.1) is 18.1 Å². The second-order valence-corrected chi connectivity index (χ2v) is 8.48. The maximum Gasteiger partial charge on any atom is 0.341 e. The Morgan fingerprint density at radius 3 is 2.58 bits per heavy atom. The van der Waals surface area contributed by atoms with E-state index < -0.39 is 17.8 Å². The molecule has 1 heterocycles. The fourth-order valence-corrected chi connectivity index (χ4v) is 4.45. The van der Waals surface area contributed by atoms with E-state index in [9.17, 15) is 19.5 Å². The van der Waals surface area contributed by atoms with Crippen molar-refractivity contribution in [3.63, 3.8) is 0 Å². The van der Waals surface area contributed by atoms with Gasteiger partial charge in [0.1, 0.15) is 5.00 Å². The van der Waals surface area contributed by atoms with Crippen molar-refractivity contribution in [2.45, 2.75) is 47.0 Å². The minimum absolute atomic E-state index is 0.159. The second kappa shape index (κ2) is 8.03. The van der Waals surface area contributed by atoms with Gasteiger partial charge in [-0.1, -0.05) is 20.8 Å². The zero-order valence-corrected chi connectivity index (χ0v) is 16.3. The summed E-state index contributed by atoms with van der Waals surface area (Å²) in [4.78, 5) is 35.9. The van der Waals surface area contributed by atoms with Gasteiger partial charge in [0.25, 0.3) is 0 Å². The molecule has 0 saturated heterocycles. The number of amides is 1. The molecule has 7 heteroatoms. The molecule has 2 rings (SSSR count). The average molecular weight is 378 g/mol. The summed E-state index contributed by atoms with van der Waals surface area (Å²) in [6.07, 6.45) is 4.11. The number of hydrogen-bond donors (Lipinski definition) is 1. The van der Waals surface area contributed by atoms with Crippen molar-refractivity contribution in [2.75, 3.05) is 11.9 Å². The third kappa shape index (κ3) is 4.72. The number of fused-ring (bicyclic) bond motifs is 1. The van der Waals surface area contributed by atoms with E-state index in [1.807, 2.05) is 0 Å². The summed E-state index contributed by atoms with van der Waals surface area (Å²) in [5.41, 5.74) is 1.49. The molecule has 0 unspecified atom stereocenters. The zero-order chi connectivity index (χ0) is 19.5. The first-order valence-corrected chi connectivity index (χ1v) is 9.46. The molecule has 1 amide bonds. The lowest BCUT2D eigenvalue weighted by Crippen LogP contribution is -2.26. The highest BCUT2D eigenvalue weighted by Crippen LogP contribution is 2.44. The number of nitrogens with one attached hydrogen (secondary N) is 1. The van der Waals surface area contributed by atoms with Crippen molar-refractivity contribution in [1.82, 2.24) is 0 Å². The Morgan fingerprint density at radius 1 is 1.31 bits per heavy atom. The molecule has 0 fully saturated rings. The number of carbonyl (C=O) groups is 3. The number of esters is 1. The van der Waals surface area contributed by atoms with Gasteiger partial charge in [0.15, 0.2) is 0 Å². The minimum Gasteiger partial charge on any atom is -0.545 e. The normalized spacial score (nSPS) is 17.0. The Hall–Kier alpha value is -2.15. The lowest BCUT2D eigenvalue weighted by Gasteiger charge is -2.33. The van der Waals surface area contributed by atoms with Crippen molar-refractivity contribution in [1.29, 1.82) is 0 Å². The third-order valence-corrected chi connectivity index (χ3v) is 5.75. The summed E-state index contributed by atoms with van der Waals surface area (Å²) in [5, 5.41) is 13.5. The molecule has 6 nitrogen and oxygen atoms in total. The summed E-state index contributed by atoms with van der Waals surface area (Å²) in [6.45, 7) is 8.58. The molecule has 0 radical (unpaired) electrons. The Bertz CT molecular complexity index is 742. The lowest BCUT2D eigenvalue weighted by molar-refractivity contribution is -0.297. The molecule has 1 aliphatic carbocycles. The van der Waals surface area contributed by atoms with E-state index in [-0.39, 0.29) is 12.0 Å². The minimum atomic E-state index is -1.45. The molecule has 0 saturated carbocycles. The van der Waals surface area contributed by atoms with Gasteiger partial charge in [0.2, 0.25) is 5.91 Å². The second-order valence-electron chi connectivity index (χ2n) is 7.38. The first-order valence-electron chi connectivity index (χ1n) is 8.65. The van der Waals surface area contributed by atoms with Crippen LogP contribution in [0.1, 0.15) is 54.9 Å². The molecular weight excluding hydrogens is 354 g/mol. The van der Waals surface area contributed by atoms with Gasteiger partial charge >= 0.3 is 5.97 Å². The van der Waals surface area contributed by atoms with Crippen molar-refractivity contribution in [2.24, 2.45) is 11.3 Å². The van der Waals surface area contributed by atoms with Crippen LogP contribution in [0.15, 0.2) is 12.2 Å². The van der Waals surface area contributed by atoms with Gasteiger partial charge in [-0.3, -0.25) is 4.79 Å². The van der Waals surface area contributed by atoms with Crippen LogP contribution < -0.4 is 10.4 Å². The maximum atomic E-state index is 12.4. The van der Waals surface area contributed by atoms with Gasteiger partial charge in [-0.25, -0.2) is 4.79 Å². The highest BCUT2D eigenvalue weighted by Gasteiger charge is 2.34. The predicted molar refractivity (Wildman–Crippen MR) is 98.0 cm³/mol. The summed E-state index contributed by atoms with van der Waals surface area (Å²) in [5.74, 6) is -2.04. The molecule has 1 aromatic heterocycles. The van der Waals surface area contributed by atoms with Crippen LogP contribution in [0.4, 0.5) is 5.00 Å². The van der Waals surface area contributed by atoms with Crippen LogP contribution in [0.25, 0.3) is 0 Å². The SMILES string of the molecule is CCOC(=O)c1c(NC(=O)/C=C/C(=O)[O-])sc2c1CC[C@H](C(C)(C)C)C2. The van der Waals surface area contributed by atoms with E-state index in [0.717, 1.165) is 35.8 Å². The first kappa shape index (κ1) is 20.2. The van der Waals surface area contributed by atoms with E-state index in [1.54, 1.807) is 6.92 Å². The Labute approximate surface area is 157 Å². The standard InChI is InChI=1S/C19H25NO5S/c1-5-25-18(24)16-12-7-6-11(19(2,3)4)10-13(12)26-17(16)20-14(21)8-9-15(22)23/h8-9,11H,5-7,10H2,1-4H3,(H,20,21)(H,22,23)/p-1/b9-8+/t11-/m0/s1. The van der Waals surface area contributed by atoms with E-state index in [0.29, 0.717) is 22.6 Å². The molecule has 0 aliphatic heterocycles. The molecule has 0 aromatic carbocycles. The number of ether oxygens (including phenoxy) is 1. The number of carboxylic acid groups (broad SMARTS) is 1. The lowest BCUT2D eigenvalue weighted by atomic mass is 9.72. The molecule has 142 valence electrons. The van der Waals surface area contributed by atoms with Crippen LogP contribution in [0, 0.1) is 11.3 Å². The van der Waals surface area contributed by atoms with E-state index in [4.69, 9.17) is 4.74 Å². The van der Waals surface area contributed by atoms with Crippen LogP contribution in [0.5, 0.6) is 0 Å². The highest BCUT2D eigenvalue weighted by molar-refractivity contribution is 7.17. The highest BCUT2D eigenvalue weighted by atomic mass is 32.1. The van der Waals surface area contributed by atoms with Crippen LogP contribution >= 0.6 is 11.3 Å². The van der Waals surface area contributed by atoms with E-state index in [2.05, 4.69) is 26.1 Å². The third-order valence-electron chi connectivity index (χ3n) is 4.58. The molecule has 26 heavy (non-hydrogen) atoms. The number of carboxylic acids is 1. The molecular formula is C19H24NO5S-. The van der Waals surface area contributed by atoms with Gasteiger partial charge in [0, 0.05) is 11.0 Å². The smallest absolute Gasteiger partial charge is 0.341 e.